The van der Waals surface area contributed by atoms with Crippen molar-refractivity contribution >= 4 is 6.03 Å². The summed E-state index contributed by atoms with van der Waals surface area (Å²) >= 11 is 0. The molecule has 20 heavy (non-hydrogen) atoms. The first kappa shape index (κ1) is 14.9. The molecule has 0 unspecified atom stereocenters. The predicted octanol–water partition coefficient (Wildman–Crippen LogP) is 2.94. The van der Waals surface area contributed by atoms with E-state index >= 15 is 0 Å². The molecule has 1 aromatic heterocycles. The Hall–Kier alpha value is -1.52. The molecule has 0 aromatic carbocycles. The second-order valence-corrected chi connectivity index (χ2v) is 6.43. The maximum Gasteiger partial charge on any atom is 0.329 e. The Labute approximate surface area is 120 Å². The minimum absolute atomic E-state index is 0.106. The van der Waals surface area contributed by atoms with Gasteiger partial charge in [-0.25, -0.2) is 9.36 Å². The number of hydrogen-bond donors (Lipinski definition) is 1. The van der Waals surface area contributed by atoms with Crippen molar-refractivity contribution in [2.45, 2.75) is 52.4 Å². The van der Waals surface area contributed by atoms with Crippen LogP contribution in [0.25, 0.3) is 0 Å². The van der Waals surface area contributed by atoms with E-state index in [1.807, 2.05) is 6.92 Å². The molecule has 1 aromatic rings. The molecule has 112 valence electrons. The average molecular weight is 279 g/mol. The fourth-order valence-electron chi connectivity index (χ4n) is 1.98. The van der Waals surface area contributed by atoms with Crippen molar-refractivity contribution < 1.29 is 9.53 Å². The molecule has 5 heteroatoms. The quantitative estimate of drug-likeness (QED) is 0.901. The van der Waals surface area contributed by atoms with E-state index in [1.54, 1.807) is 6.20 Å². The Morgan fingerprint density at radius 3 is 2.75 bits per heavy atom. The van der Waals surface area contributed by atoms with Crippen LogP contribution in [0.1, 0.15) is 52.7 Å². The number of amides is 1. The Kier molecular flexibility index (Phi) is 4.35. The summed E-state index contributed by atoms with van der Waals surface area (Å²) in [6.45, 7) is 9.32. The van der Waals surface area contributed by atoms with Gasteiger partial charge >= 0.3 is 12.0 Å². The molecule has 0 spiro atoms. The van der Waals surface area contributed by atoms with Gasteiger partial charge in [0.15, 0.2) is 0 Å². The zero-order valence-corrected chi connectivity index (χ0v) is 12.9. The van der Waals surface area contributed by atoms with Crippen molar-refractivity contribution in [3.05, 3.63) is 11.9 Å². The second kappa shape index (κ2) is 5.85. The molecular formula is C15H25N3O2. The van der Waals surface area contributed by atoms with Crippen LogP contribution in [0.15, 0.2) is 6.20 Å². The fraction of sp³-hybridized carbons (Fsp3) is 0.733. The number of hydrogen-bond acceptors (Lipinski definition) is 3. The molecule has 0 saturated heterocycles. The maximum absolute atomic E-state index is 12.2. The van der Waals surface area contributed by atoms with Crippen LogP contribution in [0.4, 0.5) is 4.79 Å². The average Bonchev–Trinajstić information content (AvgIpc) is 3.06. The van der Waals surface area contributed by atoms with E-state index < -0.39 is 0 Å². The van der Waals surface area contributed by atoms with Gasteiger partial charge in [-0.1, -0.05) is 33.6 Å². The summed E-state index contributed by atoms with van der Waals surface area (Å²) in [5.74, 6) is 0.814. The SMILES string of the molecule is CCOc1nc(C(C)(C)C)cn1C(=O)NCCC1CC1. The molecule has 2 rings (SSSR count). The summed E-state index contributed by atoms with van der Waals surface area (Å²) in [6, 6.07) is 0.221. The zero-order valence-electron chi connectivity index (χ0n) is 12.9. The van der Waals surface area contributed by atoms with Gasteiger partial charge in [0.1, 0.15) is 0 Å². The molecule has 5 nitrogen and oxygen atoms in total. The van der Waals surface area contributed by atoms with Gasteiger partial charge in [0.2, 0.25) is 0 Å². The van der Waals surface area contributed by atoms with Crippen LogP contribution in [-0.4, -0.2) is 28.7 Å². The van der Waals surface area contributed by atoms with Crippen molar-refractivity contribution in [3.8, 4) is 6.01 Å². The zero-order chi connectivity index (χ0) is 14.8. The summed E-state index contributed by atoms with van der Waals surface area (Å²) in [7, 11) is 0. The van der Waals surface area contributed by atoms with Gasteiger partial charge in [-0.2, -0.15) is 4.98 Å². The number of imidazole rings is 1. The summed E-state index contributed by atoms with van der Waals surface area (Å²) < 4.78 is 6.95. The predicted molar refractivity (Wildman–Crippen MR) is 78.2 cm³/mol. The first-order chi connectivity index (χ1) is 9.41. The molecule has 1 aliphatic rings. The molecule has 1 saturated carbocycles. The Morgan fingerprint density at radius 1 is 1.50 bits per heavy atom. The summed E-state index contributed by atoms with van der Waals surface area (Å²) in [5.41, 5.74) is 0.754. The van der Waals surface area contributed by atoms with E-state index in [1.165, 1.54) is 17.4 Å². The lowest BCUT2D eigenvalue weighted by molar-refractivity contribution is 0.234. The van der Waals surface area contributed by atoms with Gasteiger partial charge in [-0.3, -0.25) is 0 Å². The van der Waals surface area contributed by atoms with Gasteiger partial charge in [-0.05, 0) is 19.3 Å². The van der Waals surface area contributed by atoms with Gasteiger partial charge in [0.25, 0.3) is 0 Å². The highest BCUT2D eigenvalue weighted by molar-refractivity contribution is 5.78. The third-order valence-electron chi connectivity index (χ3n) is 3.46. The lowest BCUT2D eigenvalue weighted by atomic mass is 9.93. The van der Waals surface area contributed by atoms with E-state index in [9.17, 15) is 4.79 Å². The first-order valence-electron chi connectivity index (χ1n) is 7.42. The van der Waals surface area contributed by atoms with Gasteiger partial charge in [0, 0.05) is 18.2 Å². The Bertz CT molecular complexity index is 470. The molecule has 0 atom stereocenters. The maximum atomic E-state index is 12.2. The molecule has 1 amide bonds. The smallest absolute Gasteiger partial charge is 0.329 e. The lowest BCUT2D eigenvalue weighted by Gasteiger charge is -2.13. The Morgan fingerprint density at radius 2 is 2.20 bits per heavy atom. The standard InChI is InChI=1S/C15H25N3O2/c1-5-20-14-17-12(15(2,3)4)10-18(14)13(19)16-9-8-11-6-7-11/h10-11H,5-9H2,1-4H3,(H,16,19). The normalized spacial score (nSPS) is 15.2. The molecule has 0 bridgehead atoms. The second-order valence-electron chi connectivity index (χ2n) is 6.43. The monoisotopic (exact) mass is 279 g/mol. The molecule has 0 radical (unpaired) electrons. The summed E-state index contributed by atoms with van der Waals surface area (Å²) in [4.78, 5) is 16.6. The molecule has 1 N–H and O–H groups in total. The molecular weight excluding hydrogens is 254 g/mol. The molecule has 0 aliphatic heterocycles. The van der Waals surface area contributed by atoms with Crippen LogP contribution < -0.4 is 10.1 Å². The van der Waals surface area contributed by atoms with E-state index in [4.69, 9.17) is 4.74 Å². The van der Waals surface area contributed by atoms with E-state index in [0.717, 1.165) is 24.6 Å². The van der Waals surface area contributed by atoms with Gasteiger partial charge < -0.3 is 10.1 Å². The summed E-state index contributed by atoms with van der Waals surface area (Å²) in [6.07, 6.45) is 5.45. The topological polar surface area (TPSA) is 56.2 Å². The number of aromatic nitrogens is 2. The minimum Gasteiger partial charge on any atom is -0.465 e. The minimum atomic E-state index is -0.155. The van der Waals surface area contributed by atoms with Gasteiger partial charge in [0.05, 0.1) is 12.3 Å². The number of nitrogens with one attached hydrogen (secondary N) is 1. The molecule has 1 fully saturated rings. The van der Waals surface area contributed by atoms with Crippen molar-refractivity contribution in [3.63, 3.8) is 0 Å². The van der Waals surface area contributed by atoms with E-state index in [-0.39, 0.29) is 11.4 Å². The highest BCUT2D eigenvalue weighted by Crippen LogP contribution is 2.31. The number of carbonyl (C=O) groups is 1. The van der Waals surface area contributed by atoms with Gasteiger partial charge in [-0.15, -0.1) is 0 Å². The van der Waals surface area contributed by atoms with Crippen LogP contribution in [-0.2, 0) is 5.41 Å². The first-order valence-corrected chi connectivity index (χ1v) is 7.42. The lowest BCUT2D eigenvalue weighted by Crippen LogP contribution is -2.29. The number of nitrogens with zero attached hydrogens (tertiary/aromatic N) is 2. The number of rotatable bonds is 5. The largest absolute Gasteiger partial charge is 0.465 e. The Balaban J connectivity index is 2.06. The molecule has 1 aliphatic carbocycles. The number of ether oxygens (including phenoxy) is 1. The highest BCUT2D eigenvalue weighted by Gasteiger charge is 2.24. The van der Waals surface area contributed by atoms with Crippen LogP contribution >= 0.6 is 0 Å². The van der Waals surface area contributed by atoms with Crippen LogP contribution in [0, 0.1) is 5.92 Å². The third kappa shape index (κ3) is 3.74. The van der Waals surface area contributed by atoms with Crippen molar-refractivity contribution in [1.29, 1.82) is 0 Å². The van der Waals surface area contributed by atoms with Crippen molar-refractivity contribution in [2.24, 2.45) is 5.92 Å². The fourth-order valence-corrected chi connectivity index (χ4v) is 1.98. The van der Waals surface area contributed by atoms with Crippen molar-refractivity contribution in [1.82, 2.24) is 14.9 Å². The van der Waals surface area contributed by atoms with Crippen molar-refractivity contribution in [2.75, 3.05) is 13.2 Å². The van der Waals surface area contributed by atoms with Crippen LogP contribution in [0.5, 0.6) is 6.01 Å². The van der Waals surface area contributed by atoms with Crippen LogP contribution in [0.3, 0.4) is 0 Å². The summed E-state index contributed by atoms with van der Waals surface area (Å²) in [5, 5.41) is 2.94. The van der Waals surface area contributed by atoms with E-state index in [0.29, 0.717) is 12.6 Å². The number of carbonyl (C=O) groups excluding carboxylic acids is 1. The third-order valence-corrected chi connectivity index (χ3v) is 3.46. The van der Waals surface area contributed by atoms with E-state index in [2.05, 4.69) is 31.1 Å². The molecule has 1 heterocycles. The highest BCUT2D eigenvalue weighted by atomic mass is 16.5. The van der Waals surface area contributed by atoms with Crippen LogP contribution in [0.2, 0.25) is 0 Å².